The molecule has 2 amide bonds. The largest absolute Gasteiger partial charge is 0.457 e. The molecule has 0 spiro atoms. The number of carbonyl (C=O) groups is 2. The number of likely N-dealkylation sites (N-methyl/N-ethyl adjacent to an activating group) is 1. The fourth-order valence-corrected chi connectivity index (χ4v) is 3.04. The molecule has 3 aromatic rings. The normalized spacial score (nSPS) is 11.4. The lowest BCUT2D eigenvalue weighted by Gasteiger charge is -2.14. The van der Waals surface area contributed by atoms with E-state index in [0.29, 0.717) is 24.4 Å². The van der Waals surface area contributed by atoms with Gasteiger partial charge in [-0.05, 0) is 48.5 Å². The Hall–Kier alpha value is -3.64. The van der Waals surface area contributed by atoms with Crippen molar-refractivity contribution in [2.75, 3.05) is 26.0 Å². The standard InChI is InChI=1S/C24H25N3O3/c1-25-24(29)19-10-8-18(9-11-19)16-27(2)17-23(28)26-20-12-14-22(15-13-20)30-21-6-4-3-5-7-21/h3-15H,16-17H2,1-2H3,(H,25,29)(H,26,28)/p+1. The van der Waals surface area contributed by atoms with E-state index in [1.165, 1.54) is 0 Å². The monoisotopic (exact) mass is 404 g/mol. The first-order valence-electron chi connectivity index (χ1n) is 9.78. The van der Waals surface area contributed by atoms with Crippen LogP contribution in [0.1, 0.15) is 15.9 Å². The van der Waals surface area contributed by atoms with Crippen LogP contribution in [0.3, 0.4) is 0 Å². The Morgan fingerprint density at radius 2 is 1.50 bits per heavy atom. The van der Waals surface area contributed by atoms with Crippen LogP contribution in [0.15, 0.2) is 78.9 Å². The molecule has 0 saturated carbocycles. The average molecular weight is 404 g/mol. The molecule has 1 unspecified atom stereocenters. The molecule has 3 N–H and O–H groups in total. The molecular weight excluding hydrogens is 378 g/mol. The first-order valence-corrected chi connectivity index (χ1v) is 9.78. The van der Waals surface area contributed by atoms with Gasteiger partial charge in [0.15, 0.2) is 6.54 Å². The fraction of sp³-hybridized carbons (Fsp3) is 0.167. The number of hydrogen-bond acceptors (Lipinski definition) is 3. The molecule has 6 nitrogen and oxygen atoms in total. The van der Waals surface area contributed by atoms with E-state index in [9.17, 15) is 9.59 Å². The molecule has 0 fully saturated rings. The smallest absolute Gasteiger partial charge is 0.279 e. The van der Waals surface area contributed by atoms with E-state index in [0.717, 1.165) is 21.9 Å². The lowest BCUT2D eigenvalue weighted by atomic mass is 10.1. The van der Waals surface area contributed by atoms with Crippen molar-refractivity contribution in [3.63, 3.8) is 0 Å². The third-order valence-electron chi connectivity index (χ3n) is 4.53. The molecular formula is C24H26N3O3+. The third kappa shape index (κ3) is 6.18. The van der Waals surface area contributed by atoms with Crippen LogP contribution < -0.4 is 20.3 Å². The summed E-state index contributed by atoms with van der Waals surface area (Å²) in [6, 6.07) is 24.3. The molecule has 0 aliphatic carbocycles. The number of para-hydroxylation sites is 1. The van der Waals surface area contributed by atoms with Crippen LogP contribution in [0.4, 0.5) is 5.69 Å². The lowest BCUT2D eigenvalue weighted by molar-refractivity contribution is -0.885. The number of rotatable bonds is 8. The van der Waals surface area contributed by atoms with Crippen LogP contribution in [-0.2, 0) is 11.3 Å². The fourth-order valence-electron chi connectivity index (χ4n) is 3.04. The first-order chi connectivity index (χ1) is 14.5. The SMILES string of the molecule is CNC(=O)c1ccc(C[NH+](C)CC(=O)Nc2ccc(Oc3ccccc3)cc2)cc1. The maximum absolute atomic E-state index is 12.4. The number of quaternary nitrogens is 1. The Kier molecular flexibility index (Phi) is 7.19. The van der Waals surface area contributed by atoms with E-state index in [-0.39, 0.29) is 11.8 Å². The van der Waals surface area contributed by atoms with Gasteiger partial charge in [0.25, 0.3) is 11.8 Å². The van der Waals surface area contributed by atoms with Gasteiger partial charge in [0.1, 0.15) is 18.0 Å². The highest BCUT2D eigenvalue weighted by molar-refractivity contribution is 5.94. The van der Waals surface area contributed by atoms with Crippen molar-refractivity contribution in [2.45, 2.75) is 6.54 Å². The molecule has 154 valence electrons. The van der Waals surface area contributed by atoms with Gasteiger partial charge in [0.2, 0.25) is 0 Å². The summed E-state index contributed by atoms with van der Waals surface area (Å²) >= 11 is 0. The minimum Gasteiger partial charge on any atom is -0.457 e. The van der Waals surface area contributed by atoms with Crippen LogP contribution in [0.5, 0.6) is 11.5 Å². The van der Waals surface area contributed by atoms with E-state index < -0.39 is 0 Å². The zero-order valence-electron chi connectivity index (χ0n) is 17.1. The van der Waals surface area contributed by atoms with Gasteiger partial charge in [-0.1, -0.05) is 30.3 Å². The highest BCUT2D eigenvalue weighted by Gasteiger charge is 2.12. The van der Waals surface area contributed by atoms with Gasteiger partial charge in [0, 0.05) is 23.9 Å². The van der Waals surface area contributed by atoms with Crippen molar-refractivity contribution in [2.24, 2.45) is 0 Å². The van der Waals surface area contributed by atoms with Crippen molar-refractivity contribution in [1.82, 2.24) is 5.32 Å². The highest BCUT2D eigenvalue weighted by atomic mass is 16.5. The second kappa shape index (κ2) is 10.2. The lowest BCUT2D eigenvalue weighted by Crippen LogP contribution is -3.08. The van der Waals surface area contributed by atoms with Gasteiger partial charge in [-0.15, -0.1) is 0 Å². The summed E-state index contributed by atoms with van der Waals surface area (Å²) in [5, 5.41) is 5.51. The predicted molar refractivity (Wildman–Crippen MR) is 117 cm³/mol. The second-order valence-corrected chi connectivity index (χ2v) is 7.07. The maximum atomic E-state index is 12.4. The van der Waals surface area contributed by atoms with Crippen molar-refractivity contribution >= 4 is 17.5 Å². The molecule has 1 atom stereocenters. The molecule has 0 radical (unpaired) electrons. The van der Waals surface area contributed by atoms with Crippen LogP contribution >= 0.6 is 0 Å². The van der Waals surface area contributed by atoms with E-state index >= 15 is 0 Å². The molecule has 30 heavy (non-hydrogen) atoms. The average Bonchev–Trinajstić information content (AvgIpc) is 2.75. The summed E-state index contributed by atoms with van der Waals surface area (Å²) in [7, 11) is 3.57. The van der Waals surface area contributed by atoms with Crippen LogP contribution in [0.25, 0.3) is 0 Å². The topological polar surface area (TPSA) is 71.9 Å². The summed E-state index contributed by atoms with van der Waals surface area (Å²) < 4.78 is 5.76. The molecule has 0 bridgehead atoms. The number of carbonyl (C=O) groups excluding carboxylic acids is 2. The van der Waals surface area contributed by atoms with Gasteiger partial charge < -0.3 is 20.3 Å². The Morgan fingerprint density at radius 3 is 2.13 bits per heavy atom. The molecule has 0 aromatic heterocycles. The van der Waals surface area contributed by atoms with Crippen LogP contribution in [0.2, 0.25) is 0 Å². The molecule has 0 heterocycles. The number of amides is 2. The van der Waals surface area contributed by atoms with Crippen molar-refractivity contribution < 1.29 is 19.2 Å². The zero-order valence-corrected chi connectivity index (χ0v) is 17.1. The molecule has 3 rings (SSSR count). The van der Waals surface area contributed by atoms with E-state index in [4.69, 9.17) is 4.74 Å². The van der Waals surface area contributed by atoms with Gasteiger partial charge in [-0.25, -0.2) is 0 Å². The minimum atomic E-state index is -0.109. The van der Waals surface area contributed by atoms with Crippen molar-refractivity contribution in [3.8, 4) is 11.5 Å². The predicted octanol–water partition coefficient (Wildman–Crippen LogP) is 2.49. The molecule has 6 heteroatoms. The molecule has 0 saturated heterocycles. The van der Waals surface area contributed by atoms with E-state index in [1.807, 2.05) is 73.8 Å². The Labute approximate surface area is 176 Å². The molecule has 0 aliphatic heterocycles. The Balaban J connectivity index is 1.48. The first kappa shape index (κ1) is 21.1. The number of nitrogens with one attached hydrogen (secondary N) is 3. The summed E-state index contributed by atoms with van der Waals surface area (Å²) in [4.78, 5) is 25.0. The van der Waals surface area contributed by atoms with Gasteiger partial charge in [0.05, 0.1) is 7.05 Å². The quantitative estimate of drug-likeness (QED) is 0.540. The Morgan fingerprint density at radius 1 is 0.867 bits per heavy atom. The van der Waals surface area contributed by atoms with Gasteiger partial charge in [-0.3, -0.25) is 9.59 Å². The van der Waals surface area contributed by atoms with Gasteiger partial charge in [-0.2, -0.15) is 0 Å². The summed E-state index contributed by atoms with van der Waals surface area (Å²) in [5.74, 6) is 1.30. The van der Waals surface area contributed by atoms with Gasteiger partial charge >= 0.3 is 0 Å². The van der Waals surface area contributed by atoms with Crippen LogP contribution in [0, 0.1) is 0 Å². The third-order valence-corrected chi connectivity index (χ3v) is 4.53. The highest BCUT2D eigenvalue weighted by Crippen LogP contribution is 2.22. The Bertz CT molecular complexity index is 971. The van der Waals surface area contributed by atoms with E-state index in [1.54, 1.807) is 19.2 Å². The second-order valence-electron chi connectivity index (χ2n) is 7.07. The summed E-state index contributed by atoms with van der Waals surface area (Å²) in [5.41, 5.74) is 2.41. The number of benzene rings is 3. The number of hydrogen-bond donors (Lipinski definition) is 3. The van der Waals surface area contributed by atoms with Crippen molar-refractivity contribution in [1.29, 1.82) is 0 Å². The minimum absolute atomic E-state index is 0.0637. The zero-order chi connectivity index (χ0) is 21.3. The van der Waals surface area contributed by atoms with E-state index in [2.05, 4.69) is 10.6 Å². The summed E-state index contributed by atoms with van der Waals surface area (Å²) in [6.07, 6.45) is 0. The number of anilines is 1. The van der Waals surface area contributed by atoms with Crippen LogP contribution in [-0.4, -0.2) is 32.5 Å². The summed E-state index contributed by atoms with van der Waals surface area (Å²) in [6.45, 7) is 1.02. The van der Waals surface area contributed by atoms with Crippen molar-refractivity contribution in [3.05, 3.63) is 90.0 Å². The molecule has 3 aromatic carbocycles. The molecule has 0 aliphatic rings. The maximum Gasteiger partial charge on any atom is 0.279 e. The number of ether oxygens (including phenoxy) is 1.